The van der Waals surface area contributed by atoms with Crippen LogP contribution in [0, 0.1) is 18.3 Å². The summed E-state index contributed by atoms with van der Waals surface area (Å²) < 4.78 is 0. The molecule has 0 aliphatic rings. The Morgan fingerprint density at radius 1 is 1.36 bits per heavy atom. The Morgan fingerprint density at radius 3 is 2.50 bits per heavy atom. The summed E-state index contributed by atoms with van der Waals surface area (Å²) in [6, 6.07) is 0. The molecule has 2 nitrogen and oxygen atoms in total. The first-order chi connectivity index (χ1) is 6.76. The molecule has 0 saturated heterocycles. The van der Waals surface area contributed by atoms with E-state index in [0.717, 1.165) is 32.2 Å². The second kappa shape index (κ2) is 9.05. The fourth-order valence-corrected chi connectivity index (χ4v) is 1.56. The number of hydrogen-bond acceptors (Lipinski definition) is 2. The first kappa shape index (κ1) is 13.5. The summed E-state index contributed by atoms with van der Waals surface area (Å²) in [5.74, 6) is 3.02. The standard InChI is InChI=1S/C12H23NO/c1-4-7-8-9-13-10-12(14)11(5-2)6-3/h1,11-14H,5-10H2,2-3H3. The Morgan fingerprint density at radius 2 is 2.00 bits per heavy atom. The van der Waals surface area contributed by atoms with E-state index in [1.54, 1.807) is 0 Å². The number of terminal acetylenes is 1. The first-order valence-corrected chi connectivity index (χ1v) is 5.58. The van der Waals surface area contributed by atoms with Crippen molar-refractivity contribution in [3.8, 4) is 12.3 Å². The summed E-state index contributed by atoms with van der Waals surface area (Å²) in [5.41, 5.74) is 0. The molecule has 0 aromatic carbocycles. The molecule has 0 bridgehead atoms. The van der Waals surface area contributed by atoms with Crippen LogP contribution in [0.15, 0.2) is 0 Å². The van der Waals surface area contributed by atoms with Crippen molar-refractivity contribution in [3.63, 3.8) is 0 Å². The van der Waals surface area contributed by atoms with E-state index in [-0.39, 0.29) is 6.10 Å². The van der Waals surface area contributed by atoms with Gasteiger partial charge in [0.2, 0.25) is 0 Å². The molecule has 1 atom stereocenters. The molecule has 2 N–H and O–H groups in total. The Labute approximate surface area is 88.1 Å². The lowest BCUT2D eigenvalue weighted by molar-refractivity contribution is 0.102. The van der Waals surface area contributed by atoms with Gasteiger partial charge in [-0.05, 0) is 18.9 Å². The molecule has 0 spiro atoms. The minimum absolute atomic E-state index is 0.212. The van der Waals surface area contributed by atoms with Gasteiger partial charge < -0.3 is 10.4 Å². The molecule has 0 rings (SSSR count). The number of hydrogen-bond donors (Lipinski definition) is 2. The highest BCUT2D eigenvalue weighted by Gasteiger charge is 2.14. The van der Waals surface area contributed by atoms with Gasteiger partial charge in [0.15, 0.2) is 0 Å². The van der Waals surface area contributed by atoms with Crippen LogP contribution in [0.4, 0.5) is 0 Å². The lowest BCUT2D eigenvalue weighted by Gasteiger charge is -2.20. The number of aliphatic hydroxyl groups excluding tert-OH is 1. The van der Waals surface area contributed by atoms with Gasteiger partial charge in [-0.2, -0.15) is 0 Å². The normalized spacial score (nSPS) is 12.8. The Balaban J connectivity index is 3.43. The summed E-state index contributed by atoms with van der Waals surface area (Å²) >= 11 is 0. The van der Waals surface area contributed by atoms with Crippen molar-refractivity contribution < 1.29 is 5.11 Å². The molecule has 0 aromatic rings. The van der Waals surface area contributed by atoms with Crippen molar-refractivity contribution in [2.75, 3.05) is 13.1 Å². The molecule has 0 amide bonds. The summed E-state index contributed by atoms with van der Waals surface area (Å²) in [7, 11) is 0. The van der Waals surface area contributed by atoms with E-state index in [4.69, 9.17) is 6.42 Å². The highest BCUT2D eigenvalue weighted by molar-refractivity contribution is 4.83. The van der Waals surface area contributed by atoms with Crippen LogP contribution in [0.2, 0.25) is 0 Å². The van der Waals surface area contributed by atoms with Gasteiger partial charge in [0.1, 0.15) is 0 Å². The summed E-state index contributed by atoms with van der Waals surface area (Å²) in [6.07, 6.45) is 8.82. The van der Waals surface area contributed by atoms with Crippen molar-refractivity contribution in [1.29, 1.82) is 0 Å². The number of unbranched alkanes of at least 4 members (excludes halogenated alkanes) is 1. The summed E-state index contributed by atoms with van der Waals surface area (Å²) in [5, 5.41) is 13.0. The van der Waals surface area contributed by atoms with Crippen LogP contribution in [-0.4, -0.2) is 24.3 Å². The molecule has 0 aliphatic carbocycles. The lowest BCUT2D eigenvalue weighted by Crippen LogP contribution is -2.32. The minimum Gasteiger partial charge on any atom is -0.392 e. The average Bonchev–Trinajstić information content (AvgIpc) is 2.19. The molecule has 82 valence electrons. The second-order valence-electron chi connectivity index (χ2n) is 3.66. The van der Waals surface area contributed by atoms with E-state index < -0.39 is 0 Å². The molecule has 0 saturated carbocycles. The van der Waals surface area contributed by atoms with E-state index in [1.807, 2.05) is 0 Å². The first-order valence-electron chi connectivity index (χ1n) is 5.58. The summed E-state index contributed by atoms with van der Waals surface area (Å²) in [4.78, 5) is 0. The van der Waals surface area contributed by atoms with E-state index in [2.05, 4.69) is 25.1 Å². The zero-order valence-corrected chi connectivity index (χ0v) is 9.42. The Kier molecular flexibility index (Phi) is 8.72. The van der Waals surface area contributed by atoms with Crippen LogP contribution in [0.1, 0.15) is 39.5 Å². The number of nitrogens with one attached hydrogen (secondary N) is 1. The van der Waals surface area contributed by atoms with Crippen molar-refractivity contribution in [3.05, 3.63) is 0 Å². The SMILES string of the molecule is C#CCCCNCC(O)C(CC)CC. The van der Waals surface area contributed by atoms with Gasteiger partial charge in [-0.15, -0.1) is 12.3 Å². The molecule has 0 fully saturated rings. The quantitative estimate of drug-likeness (QED) is 0.459. The van der Waals surface area contributed by atoms with Gasteiger partial charge in [0.25, 0.3) is 0 Å². The number of aliphatic hydroxyl groups is 1. The minimum atomic E-state index is -0.212. The number of rotatable bonds is 8. The third kappa shape index (κ3) is 6.01. The van der Waals surface area contributed by atoms with Crippen molar-refractivity contribution in [1.82, 2.24) is 5.32 Å². The zero-order chi connectivity index (χ0) is 10.8. The maximum atomic E-state index is 9.76. The smallest absolute Gasteiger partial charge is 0.0692 e. The van der Waals surface area contributed by atoms with Crippen molar-refractivity contribution in [2.24, 2.45) is 5.92 Å². The van der Waals surface area contributed by atoms with Crippen molar-refractivity contribution >= 4 is 0 Å². The molecular formula is C12H23NO. The van der Waals surface area contributed by atoms with Crippen LogP contribution >= 0.6 is 0 Å². The second-order valence-corrected chi connectivity index (χ2v) is 3.66. The molecule has 1 unspecified atom stereocenters. The Hall–Kier alpha value is -0.520. The predicted molar refractivity (Wildman–Crippen MR) is 61.0 cm³/mol. The van der Waals surface area contributed by atoms with Gasteiger partial charge in [-0.1, -0.05) is 26.7 Å². The van der Waals surface area contributed by atoms with E-state index in [9.17, 15) is 5.11 Å². The van der Waals surface area contributed by atoms with Crippen LogP contribution in [0.5, 0.6) is 0 Å². The van der Waals surface area contributed by atoms with Gasteiger partial charge in [0.05, 0.1) is 6.10 Å². The largest absolute Gasteiger partial charge is 0.392 e. The maximum absolute atomic E-state index is 9.76. The van der Waals surface area contributed by atoms with Gasteiger partial charge in [-0.3, -0.25) is 0 Å². The fraction of sp³-hybridized carbons (Fsp3) is 0.833. The predicted octanol–water partition coefficient (Wildman–Crippen LogP) is 1.79. The molecule has 14 heavy (non-hydrogen) atoms. The summed E-state index contributed by atoms with van der Waals surface area (Å²) in [6.45, 7) is 5.84. The lowest BCUT2D eigenvalue weighted by atomic mass is 9.96. The van der Waals surface area contributed by atoms with Crippen LogP contribution in [-0.2, 0) is 0 Å². The van der Waals surface area contributed by atoms with Crippen LogP contribution < -0.4 is 5.32 Å². The van der Waals surface area contributed by atoms with Gasteiger partial charge in [0, 0.05) is 13.0 Å². The van der Waals surface area contributed by atoms with E-state index >= 15 is 0 Å². The molecular weight excluding hydrogens is 174 g/mol. The molecule has 0 aromatic heterocycles. The van der Waals surface area contributed by atoms with E-state index in [0.29, 0.717) is 12.5 Å². The monoisotopic (exact) mass is 197 g/mol. The highest BCUT2D eigenvalue weighted by atomic mass is 16.3. The highest BCUT2D eigenvalue weighted by Crippen LogP contribution is 2.11. The third-order valence-electron chi connectivity index (χ3n) is 2.62. The molecule has 0 heterocycles. The van der Waals surface area contributed by atoms with E-state index in [1.165, 1.54) is 0 Å². The average molecular weight is 197 g/mol. The third-order valence-corrected chi connectivity index (χ3v) is 2.62. The topological polar surface area (TPSA) is 32.3 Å². The zero-order valence-electron chi connectivity index (χ0n) is 9.42. The molecule has 0 radical (unpaired) electrons. The van der Waals surface area contributed by atoms with Crippen molar-refractivity contribution in [2.45, 2.75) is 45.6 Å². The van der Waals surface area contributed by atoms with Crippen LogP contribution in [0.3, 0.4) is 0 Å². The molecule has 0 aliphatic heterocycles. The maximum Gasteiger partial charge on any atom is 0.0692 e. The molecule has 2 heteroatoms. The van der Waals surface area contributed by atoms with Gasteiger partial charge >= 0.3 is 0 Å². The fourth-order valence-electron chi connectivity index (χ4n) is 1.56. The van der Waals surface area contributed by atoms with Gasteiger partial charge in [-0.25, -0.2) is 0 Å². The van der Waals surface area contributed by atoms with Crippen LogP contribution in [0.25, 0.3) is 0 Å². The Bertz CT molecular complexity index is 158.